The summed E-state index contributed by atoms with van der Waals surface area (Å²) >= 11 is 0. The fourth-order valence-corrected chi connectivity index (χ4v) is 3.76. The largest absolute Gasteiger partial charge is 0.352 e. The molecule has 4 aromatic rings. The van der Waals surface area contributed by atoms with Crippen molar-refractivity contribution < 1.29 is 4.79 Å². The van der Waals surface area contributed by atoms with E-state index in [1.165, 1.54) is 13.6 Å². The van der Waals surface area contributed by atoms with Crippen molar-refractivity contribution in [2.45, 2.75) is 52.7 Å². The molecule has 0 saturated heterocycles. The van der Waals surface area contributed by atoms with Gasteiger partial charge in [0, 0.05) is 17.6 Å². The lowest BCUT2D eigenvalue weighted by atomic mass is 10.1. The summed E-state index contributed by atoms with van der Waals surface area (Å²) in [4.78, 5) is 39.3. The minimum atomic E-state index is -0.359. The van der Waals surface area contributed by atoms with Crippen LogP contribution >= 0.6 is 0 Å². The third-order valence-electron chi connectivity index (χ3n) is 5.67. The summed E-state index contributed by atoms with van der Waals surface area (Å²) in [6.45, 7) is 7.95. The molecule has 0 spiro atoms. The second kappa shape index (κ2) is 8.45. The standard InChI is InChI=1S/C24H27N5O3/c1-5-16(4)25-21(30)18-11-12-19-20(13-18)29-23(28(15(2)3)22(19)31)26-27(24(29)32)14-17-9-7-6-8-10-17/h6-13,15-16H,5,14H2,1-4H3,(H,25,30). The number of hydrogen-bond donors (Lipinski definition) is 1. The molecule has 1 N–H and O–H groups in total. The van der Waals surface area contributed by atoms with Gasteiger partial charge in [-0.15, -0.1) is 5.10 Å². The first-order valence-corrected chi connectivity index (χ1v) is 10.8. The molecule has 0 aliphatic rings. The molecule has 1 unspecified atom stereocenters. The first-order chi connectivity index (χ1) is 15.3. The lowest BCUT2D eigenvalue weighted by Gasteiger charge is -2.14. The molecule has 166 valence electrons. The van der Waals surface area contributed by atoms with Gasteiger partial charge in [-0.1, -0.05) is 37.3 Å². The van der Waals surface area contributed by atoms with Crippen molar-refractivity contribution in [2.75, 3.05) is 0 Å². The fraction of sp³-hybridized carbons (Fsp3) is 0.333. The van der Waals surface area contributed by atoms with Crippen LogP contribution in [-0.2, 0) is 6.54 Å². The second-order valence-corrected chi connectivity index (χ2v) is 8.34. The smallest absolute Gasteiger partial charge is 0.350 e. The van der Waals surface area contributed by atoms with E-state index in [9.17, 15) is 14.4 Å². The van der Waals surface area contributed by atoms with E-state index in [1.807, 2.05) is 58.0 Å². The predicted octanol–water partition coefficient (Wildman–Crippen LogP) is 2.97. The lowest BCUT2D eigenvalue weighted by Crippen LogP contribution is -2.32. The van der Waals surface area contributed by atoms with Gasteiger partial charge in [-0.05, 0) is 51.0 Å². The Labute approximate surface area is 185 Å². The molecule has 2 aromatic heterocycles. The highest BCUT2D eigenvalue weighted by molar-refractivity contribution is 5.98. The third-order valence-corrected chi connectivity index (χ3v) is 5.67. The first-order valence-electron chi connectivity index (χ1n) is 10.8. The number of benzene rings is 2. The van der Waals surface area contributed by atoms with E-state index in [-0.39, 0.29) is 41.6 Å². The highest BCUT2D eigenvalue weighted by atomic mass is 16.2. The van der Waals surface area contributed by atoms with Gasteiger partial charge in [-0.25, -0.2) is 13.9 Å². The van der Waals surface area contributed by atoms with Gasteiger partial charge in [0.2, 0.25) is 5.78 Å². The van der Waals surface area contributed by atoms with Gasteiger partial charge in [0.15, 0.2) is 0 Å². The molecule has 0 fully saturated rings. The van der Waals surface area contributed by atoms with Crippen molar-refractivity contribution >= 4 is 22.6 Å². The summed E-state index contributed by atoms with van der Waals surface area (Å²) in [6.07, 6.45) is 0.800. The molecule has 2 heterocycles. The Morgan fingerprint density at radius 3 is 2.44 bits per heavy atom. The highest BCUT2D eigenvalue weighted by Gasteiger charge is 2.20. The van der Waals surface area contributed by atoms with Gasteiger partial charge in [0.25, 0.3) is 11.5 Å². The maximum atomic E-state index is 13.4. The normalized spacial score (nSPS) is 12.5. The predicted molar refractivity (Wildman–Crippen MR) is 124 cm³/mol. The molecule has 0 aliphatic heterocycles. The molecule has 8 heteroatoms. The van der Waals surface area contributed by atoms with Crippen LogP contribution in [0.25, 0.3) is 16.7 Å². The van der Waals surface area contributed by atoms with Gasteiger partial charge >= 0.3 is 5.69 Å². The molecular formula is C24H27N5O3. The molecule has 0 saturated carbocycles. The first kappa shape index (κ1) is 21.5. The Bertz CT molecular complexity index is 1410. The van der Waals surface area contributed by atoms with E-state index in [1.54, 1.807) is 18.2 Å². The number of hydrogen-bond acceptors (Lipinski definition) is 4. The van der Waals surface area contributed by atoms with E-state index in [2.05, 4.69) is 10.4 Å². The summed E-state index contributed by atoms with van der Waals surface area (Å²) in [5.41, 5.74) is 1.09. The van der Waals surface area contributed by atoms with Crippen molar-refractivity contribution in [3.8, 4) is 0 Å². The summed E-state index contributed by atoms with van der Waals surface area (Å²) in [6, 6.07) is 14.2. The Morgan fingerprint density at radius 1 is 1.06 bits per heavy atom. The van der Waals surface area contributed by atoms with E-state index in [4.69, 9.17) is 0 Å². The van der Waals surface area contributed by atoms with Crippen LogP contribution in [-0.4, -0.2) is 30.7 Å². The SMILES string of the molecule is CCC(C)NC(=O)c1ccc2c(=O)n(C(C)C)c3nn(Cc4ccccc4)c(=O)n3c2c1. The van der Waals surface area contributed by atoms with E-state index in [0.29, 0.717) is 16.5 Å². The van der Waals surface area contributed by atoms with E-state index in [0.717, 1.165) is 12.0 Å². The van der Waals surface area contributed by atoms with Gasteiger partial charge < -0.3 is 5.32 Å². The van der Waals surface area contributed by atoms with E-state index < -0.39 is 0 Å². The number of fused-ring (bicyclic) bond motifs is 3. The quantitative estimate of drug-likeness (QED) is 0.506. The zero-order valence-electron chi connectivity index (χ0n) is 18.7. The van der Waals surface area contributed by atoms with Crippen LogP contribution in [0.4, 0.5) is 0 Å². The molecule has 32 heavy (non-hydrogen) atoms. The van der Waals surface area contributed by atoms with Crippen LogP contribution in [0.3, 0.4) is 0 Å². The zero-order valence-corrected chi connectivity index (χ0v) is 18.7. The lowest BCUT2D eigenvalue weighted by molar-refractivity contribution is 0.0939. The number of amides is 1. The average molecular weight is 434 g/mol. The van der Waals surface area contributed by atoms with Crippen molar-refractivity contribution in [1.82, 2.24) is 24.1 Å². The molecule has 1 atom stereocenters. The van der Waals surface area contributed by atoms with Crippen molar-refractivity contribution in [3.05, 3.63) is 80.5 Å². The van der Waals surface area contributed by atoms with Gasteiger partial charge in [0.1, 0.15) is 0 Å². The topological polar surface area (TPSA) is 90.4 Å². The maximum Gasteiger partial charge on any atom is 0.352 e. The Morgan fingerprint density at radius 2 is 1.78 bits per heavy atom. The molecule has 1 amide bonds. The van der Waals surface area contributed by atoms with Gasteiger partial charge in [-0.2, -0.15) is 0 Å². The number of aromatic nitrogens is 4. The number of nitrogens with zero attached hydrogens (tertiary/aromatic N) is 4. The van der Waals surface area contributed by atoms with Crippen LogP contribution in [0.5, 0.6) is 0 Å². The molecule has 0 bridgehead atoms. The number of rotatable bonds is 6. The fourth-order valence-electron chi connectivity index (χ4n) is 3.76. The van der Waals surface area contributed by atoms with Crippen LogP contribution in [0, 0.1) is 0 Å². The molecule has 8 nitrogen and oxygen atoms in total. The number of carbonyl (C=O) groups is 1. The third kappa shape index (κ3) is 3.72. The highest BCUT2D eigenvalue weighted by Crippen LogP contribution is 2.17. The summed E-state index contributed by atoms with van der Waals surface area (Å²) in [5, 5.41) is 7.80. The van der Waals surface area contributed by atoms with Crippen molar-refractivity contribution in [1.29, 1.82) is 0 Å². The Balaban J connectivity index is 1.97. The maximum absolute atomic E-state index is 13.4. The average Bonchev–Trinajstić information content (AvgIpc) is 3.09. The Hall–Kier alpha value is -3.68. The van der Waals surface area contributed by atoms with Crippen LogP contribution < -0.4 is 16.6 Å². The van der Waals surface area contributed by atoms with Crippen LogP contribution in [0.1, 0.15) is 56.1 Å². The zero-order chi connectivity index (χ0) is 23.0. The summed E-state index contributed by atoms with van der Waals surface area (Å²) in [7, 11) is 0. The Kier molecular flexibility index (Phi) is 5.69. The summed E-state index contributed by atoms with van der Waals surface area (Å²) < 4.78 is 4.30. The number of nitrogens with one attached hydrogen (secondary N) is 1. The molecule has 4 rings (SSSR count). The van der Waals surface area contributed by atoms with Gasteiger partial charge in [0.05, 0.1) is 17.4 Å². The van der Waals surface area contributed by atoms with Crippen LogP contribution in [0.15, 0.2) is 58.1 Å². The van der Waals surface area contributed by atoms with Gasteiger partial charge in [-0.3, -0.25) is 14.2 Å². The van der Waals surface area contributed by atoms with E-state index >= 15 is 0 Å². The van der Waals surface area contributed by atoms with Crippen molar-refractivity contribution in [2.24, 2.45) is 0 Å². The molecule has 2 aromatic carbocycles. The summed E-state index contributed by atoms with van der Waals surface area (Å²) in [5.74, 6) is 0.0186. The van der Waals surface area contributed by atoms with Crippen LogP contribution in [0.2, 0.25) is 0 Å². The van der Waals surface area contributed by atoms with Crippen molar-refractivity contribution in [3.63, 3.8) is 0 Å². The minimum absolute atomic E-state index is 0.0171. The number of carbonyl (C=O) groups excluding carboxylic acids is 1. The second-order valence-electron chi connectivity index (χ2n) is 8.34. The monoisotopic (exact) mass is 433 g/mol. The molecular weight excluding hydrogens is 406 g/mol. The minimum Gasteiger partial charge on any atom is -0.350 e. The molecule has 0 aliphatic carbocycles. The molecule has 0 radical (unpaired) electrons.